The van der Waals surface area contributed by atoms with Crippen LogP contribution in [0.2, 0.25) is 0 Å². The largest absolute Gasteiger partial charge is 0.458 e. The third-order valence-corrected chi connectivity index (χ3v) is 3.78. The molecule has 5 nitrogen and oxygen atoms in total. The fourth-order valence-electron chi connectivity index (χ4n) is 2.66. The molecule has 0 aliphatic carbocycles. The van der Waals surface area contributed by atoms with Crippen molar-refractivity contribution < 1.29 is 4.42 Å². The number of aryl methyl sites for hydroxylation is 2. The summed E-state index contributed by atoms with van der Waals surface area (Å²) in [7, 11) is 0. The number of pyridine rings is 1. The molecular weight excluding hydrogens is 288 g/mol. The minimum atomic E-state index is 0.534. The van der Waals surface area contributed by atoms with Gasteiger partial charge in [0.15, 0.2) is 11.4 Å². The fourth-order valence-corrected chi connectivity index (χ4v) is 2.66. The van der Waals surface area contributed by atoms with Gasteiger partial charge in [-0.1, -0.05) is 29.8 Å². The van der Waals surface area contributed by atoms with E-state index in [4.69, 9.17) is 10.2 Å². The van der Waals surface area contributed by atoms with Crippen molar-refractivity contribution in [3.63, 3.8) is 0 Å². The summed E-state index contributed by atoms with van der Waals surface area (Å²) in [6.45, 7) is 3.96. The number of benzene rings is 1. The van der Waals surface area contributed by atoms with Gasteiger partial charge in [0.1, 0.15) is 11.6 Å². The van der Waals surface area contributed by atoms with Crippen LogP contribution in [0.3, 0.4) is 0 Å². The van der Waals surface area contributed by atoms with Crippen LogP contribution in [0.1, 0.15) is 11.3 Å². The monoisotopic (exact) mass is 304 g/mol. The van der Waals surface area contributed by atoms with E-state index < -0.39 is 0 Å². The Morgan fingerprint density at radius 3 is 2.61 bits per heavy atom. The zero-order valence-electron chi connectivity index (χ0n) is 12.9. The van der Waals surface area contributed by atoms with Gasteiger partial charge in [-0.15, -0.1) is 5.10 Å². The first kappa shape index (κ1) is 13.6. The number of hydrogen-bond donors (Lipinski definition) is 1. The van der Waals surface area contributed by atoms with Gasteiger partial charge < -0.3 is 10.2 Å². The van der Waals surface area contributed by atoms with Gasteiger partial charge in [-0.25, -0.2) is 4.98 Å². The molecule has 3 aromatic heterocycles. The Balaban J connectivity index is 1.87. The number of fused-ring (bicyclic) bond motifs is 1. The van der Waals surface area contributed by atoms with Crippen LogP contribution >= 0.6 is 0 Å². The molecule has 0 saturated heterocycles. The lowest BCUT2D eigenvalue weighted by atomic mass is 10.0. The lowest BCUT2D eigenvalue weighted by Crippen LogP contribution is -1.99. The highest BCUT2D eigenvalue weighted by Crippen LogP contribution is 2.26. The third kappa shape index (κ3) is 2.36. The Morgan fingerprint density at radius 2 is 1.87 bits per heavy atom. The van der Waals surface area contributed by atoms with Crippen molar-refractivity contribution in [3.05, 3.63) is 59.9 Å². The molecule has 0 spiro atoms. The highest BCUT2D eigenvalue weighted by atomic mass is 16.3. The van der Waals surface area contributed by atoms with Crippen LogP contribution in [-0.4, -0.2) is 14.6 Å². The van der Waals surface area contributed by atoms with E-state index in [9.17, 15) is 0 Å². The number of nitrogen functional groups attached to an aromatic ring is 1. The molecule has 0 unspecified atom stereocenters. The van der Waals surface area contributed by atoms with Gasteiger partial charge in [-0.05, 0) is 49.2 Å². The molecule has 5 heteroatoms. The molecule has 0 atom stereocenters. The van der Waals surface area contributed by atoms with Crippen LogP contribution in [0.5, 0.6) is 0 Å². The van der Waals surface area contributed by atoms with Crippen molar-refractivity contribution in [1.82, 2.24) is 14.6 Å². The summed E-state index contributed by atoms with van der Waals surface area (Å²) >= 11 is 0. The molecule has 2 N–H and O–H groups in total. The molecule has 1 aromatic carbocycles. The Labute approximate surface area is 133 Å². The number of anilines is 1. The lowest BCUT2D eigenvalue weighted by Gasteiger charge is -2.05. The standard InChI is InChI=1S/C18H16N4O/c1-11-4-3-5-13(8-11)14-9-16(19)22-17(10-14)20-18(21-22)15-7-6-12(2)23-15/h3-10H,19H2,1-2H3. The number of furan rings is 1. The predicted octanol–water partition coefficient (Wildman–Crippen LogP) is 3.86. The molecule has 114 valence electrons. The van der Waals surface area contributed by atoms with E-state index >= 15 is 0 Å². The van der Waals surface area contributed by atoms with Gasteiger partial charge in [0.2, 0.25) is 5.82 Å². The molecular formula is C18H16N4O. The first-order chi connectivity index (χ1) is 11.1. The van der Waals surface area contributed by atoms with Crippen LogP contribution in [-0.2, 0) is 0 Å². The highest BCUT2D eigenvalue weighted by Gasteiger charge is 2.13. The van der Waals surface area contributed by atoms with Crippen LogP contribution < -0.4 is 5.73 Å². The van der Waals surface area contributed by atoms with E-state index in [-0.39, 0.29) is 0 Å². The summed E-state index contributed by atoms with van der Waals surface area (Å²) in [6, 6.07) is 15.9. The maximum atomic E-state index is 6.16. The maximum Gasteiger partial charge on any atom is 0.217 e. The summed E-state index contributed by atoms with van der Waals surface area (Å²) in [6.07, 6.45) is 0. The summed E-state index contributed by atoms with van der Waals surface area (Å²) in [5, 5.41) is 4.43. The first-order valence-electron chi connectivity index (χ1n) is 7.40. The average Bonchev–Trinajstić information content (AvgIpc) is 3.13. The minimum absolute atomic E-state index is 0.534. The summed E-state index contributed by atoms with van der Waals surface area (Å²) < 4.78 is 7.22. The van der Waals surface area contributed by atoms with Crippen LogP contribution in [0.4, 0.5) is 5.82 Å². The maximum absolute atomic E-state index is 6.16. The van der Waals surface area contributed by atoms with Gasteiger partial charge in [0.05, 0.1) is 0 Å². The number of nitrogens with two attached hydrogens (primary N) is 1. The topological polar surface area (TPSA) is 69.3 Å². The summed E-state index contributed by atoms with van der Waals surface area (Å²) in [5.41, 5.74) is 10.2. The zero-order valence-corrected chi connectivity index (χ0v) is 12.9. The Bertz CT molecular complexity index is 1010. The van der Waals surface area contributed by atoms with E-state index in [0.717, 1.165) is 16.9 Å². The molecule has 4 rings (SSSR count). The molecule has 3 heterocycles. The van der Waals surface area contributed by atoms with E-state index in [0.29, 0.717) is 23.0 Å². The van der Waals surface area contributed by atoms with Crippen molar-refractivity contribution in [3.8, 4) is 22.7 Å². The van der Waals surface area contributed by atoms with E-state index in [2.05, 4.69) is 35.2 Å². The van der Waals surface area contributed by atoms with Crippen molar-refractivity contribution >= 4 is 11.5 Å². The number of nitrogens with zero attached hydrogens (tertiary/aromatic N) is 3. The van der Waals surface area contributed by atoms with E-state index in [1.165, 1.54) is 5.56 Å². The molecule has 0 amide bonds. The van der Waals surface area contributed by atoms with Crippen molar-refractivity contribution in [2.24, 2.45) is 0 Å². The van der Waals surface area contributed by atoms with Crippen molar-refractivity contribution in [2.75, 3.05) is 5.73 Å². The normalized spacial score (nSPS) is 11.2. The fraction of sp³-hybridized carbons (Fsp3) is 0.111. The van der Waals surface area contributed by atoms with Gasteiger partial charge in [0, 0.05) is 0 Å². The summed E-state index contributed by atoms with van der Waals surface area (Å²) in [5.74, 6) is 2.54. The van der Waals surface area contributed by atoms with E-state index in [1.54, 1.807) is 4.52 Å². The van der Waals surface area contributed by atoms with Gasteiger partial charge >= 0.3 is 0 Å². The molecule has 0 fully saturated rings. The van der Waals surface area contributed by atoms with Crippen LogP contribution in [0.25, 0.3) is 28.4 Å². The zero-order chi connectivity index (χ0) is 16.0. The number of aromatic nitrogens is 3. The van der Waals surface area contributed by atoms with E-state index in [1.807, 2.05) is 37.3 Å². The lowest BCUT2D eigenvalue weighted by molar-refractivity contribution is 0.544. The second-order valence-electron chi connectivity index (χ2n) is 5.65. The minimum Gasteiger partial charge on any atom is -0.458 e. The Hall–Kier alpha value is -3.08. The molecule has 0 aliphatic rings. The van der Waals surface area contributed by atoms with Crippen molar-refractivity contribution in [2.45, 2.75) is 13.8 Å². The second kappa shape index (κ2) is 4.98. The van der Waals surface area contributed by atoms with Gasteiger partial charge in [-0.2, -0.15) is 4.52 Å². The summed E-state index contributed by atoms with van der Waals surface area (Å²) in [4.78, 5) is 4.54. The highest BCUT2D eigenvalue weighted by molar-refractivity contribution is 5.72. The quantitative estimate of drug-likeness (QED) is 0.610. The number of hydrogen-bond acceptors (Lipinski definition) is 4. The SMILES string of the molecule is Cc1cccc(-c2cc(N)n3nc(-c4ccc(C)o4)nc3c2)c1. The molecule has 0 bridgehead atoms. The van der Waals surface area contributed by atoms with Gasteiger partial charge in [0.25, 0.3) is 0 Å². The third-order valence-electron chi connectivity index (χ3n) is 3.78. The first-order valence-corrected chi connectivity index (χ1v) is 7.40. The smallest absolute Gasteiger partial charge is 0.217 e. The molecule has 4 aromatic rings. The molecule has 0 aliphatic heterocycles. The van der Waals surface area contributed by atoms with Crippen molar-refractivity contribution in [1.29, 1.82) is 0 Å². The number of rotatable bonds is 2. The van der Waals surface area contributed by atoms with Crippen LogP contribution in [0.15, 0.2) is 52.9 Å². The predicted molar refractivity (Wildman–Crippen MR) is 90.0 cm³/mol. The van der Waals surface area contributed by atoms with Gasteiger partial charge in [-0.3, -0.25) is 0 Å². The average molecular weight is 304 g/mol. The molecule has 23 heavy (non-hydrogen) atoms. The second-order valence-corrected chi connectivity index (χ2v) is 5.65. The van der Waals surface area contributed by atoms with Crippen LogP contribution in [0, 0.1) is 13.8 Å². The molecule has 0 saturated carbocycles. The Kier molecular flexibility index (Phi) is 2.94. The Morgan fingerprint density at radius 1 is 1.00 bits per heavy atom. The molecule has 0 radical (unpaired) electrons.